The fourth-order valence-electron chi connectivity index (χ4n) is 3.64. The molecule has 1 amide bonds. The minimum absolute atomic E-state index is 0. The Morgan fingerprint density at radius 2 is 1.92 bits per heavy atom. The Hall–Kier alpha value is -1.15. The third-order valence-corrected chi connectivity index (χ3v) is 5.84. The number of piperazine rings is 1. The van der Waals surface area contributed by atoms with Crippen LogP contribution >= 0.6 is 36.2 Å². The Bertz CT molecular complexity index is 719. The van der Waals surface area contributed by atoms with Gasteiger partial charge in [-0.15, -0.1) is 36.2 Å². The van der Waals surface area contributed by atoms with Crippen LogP contribution in [0.2, 0.25) is 0 Å². The van der Waals surface area contributed by atoms with Gasteiger partial charge < -0.3 is 15.5 Å². The number of aromatic nitrogens is 2. The van der Waals surface area contributed by atoms with Crippen molar-refractivity contribution in [2.75, 3.05) is 31.1 Å². The minimum atomic E-state index is 0. The second-order valence-corrected chi connectivity index (χ2v) is 7.33. The molecule has 2 fully saturated rings. The normalized spacial score (nSPS) is 23.2. The molecule has 4 rings (SSSR count). The summed E-state index contributed by atoms with van der Waals surface area (Å²) < 4.78 is 1.13. The minimum Gasteiger partial charge on any atom is -0.352 e. The maximum absolute atomic E-state index is 12.6. The lowest BCUT2D eigenvalue weighted by Crippen LogP contribution is -2.50. The van der Waals surface area contributed by atoms with Crippen molar-refractivity contribution in [3.05, 3.63) is 17.8 Å². The van der Waals surface area contributed by atoms with Gasteiger partial charge in [0.05, 0.1) is 10.2 Å². The van der Waals surface area contributed by atoms with E-state index in [-0.39, 0.29) is 36.8 Å². The molecule has 1 saturated heterocycles. The number of anilines is 1. The predicted octanol–water partition coefficient (Wildman–Crippen LogP) is 2.31. The molecule has 0 radical (unpaired) electrons. The molecule has 25 heavy (non-hydrogen) atoms. The van der Waals surface area contributed by atoms with Gasteiger partial charge in [-0.1, -0.05) is 0 Å². The molecule has 9 heteroatoms. The standard InChI is InChI=1S/C16H21N5OS.2ClH/c17-12-2-1-11(9-12)16(22)21-6-4-20(5-7-21)15-14-13(3-8-23-14)18-10-19-15;;/h3,8,10-12H,1-2,4-7,9,17H2;2*1H. The highest BCUT2D eigenvalue weighted by atomic mass is 35.5. The average molecular weight is 404 g/mol. The Balaban J connectivity index is 0.00000113. The Labute approximate surface area is 163 Å². The van der Waals surface area contributed by atoms with Crippen LogP contribution in [0.1, 0.15) is 19.3 Å². The van der Waals surface area contributed by atoms with E-state index in [1.54, 1.807) is 17.7 Å². The van der Waals surface area contributed by atoms with Gasteiger partial charge >= 0.3 is 0 Å². The lowest BCUT2D eigenvalue weighted by Gasteiger charge is -2.36. The smallest absolute Gasteiger partial charge is 0.225 e. The van der Waals surface area contributed by atoms with E-state index in [2.05, 4.69) is 14.9 Å². The number of carbonyl (C=O) groups is 1. The molecule has 2 N–H and O–H groups in total. The molecule has 2 unspecified atom stereocenters. The van der Waals surface area contributed by atoms with Crippen LogP contribution in [0, 0.1) is 5.92 Å². The molecule has 0 bridgehead atoms. The summed E-state index contributed by atoms with van der Waals surface area (Å²) >= 11 is 1.67. The summed E-state index contributed by atoms with van der Waals surface area (Å²) in [5, 5.41) is 2.05. The molecule has 1 aliphatic carbocycles. The number of hydrogen-bond acceptors (Lipinski definition) is 6. The fraction of sp³-hybridized carbons (Fsp3) is 0.562. The van der Waals surface area contributed by atoms with Crippen LogP contribution in [0.3, 0.4) is 0 Å². The van der Waals surface area contributed by atoms with Crippen LogP contribution in [0.4, 0.5) is 5.82 Å². The van der Waals surface area contributed by atoms with E-state index in [4.69, 9.17) is 5.73 Å². The maximum atomic E-state index is 12.6. The van der Waals surface area contributed by atoms with Crippen molar-refractivity contribution in [3.63, 3.8) is 0 Å². The molecule has 1 saturated carbocycles. The van der Waals surface area contributed by atoms with E-state index >= 15 is 0 Å². The van der Waals surface area contributed by atoms with E-state index in [1.807, 2.05) is 16.3 Å². The summed E-state index contributed by atoms with van der Waals surface area (Å²) in [7, 11) is 0. The van der Waals surface area contributed by atoms with E-state index < -0.39 is 0 Å². The molecule has 0 aromatic carbocycles. The molecule has 0 spiro atoms. The third-order valence-electron chi connectivity index (χ3n) is 4.94. The number of halogens is 2. The van der Waals surface area contributed by atoms with E-state index in [1.165, 1.54) is 0 Å². The largest absolute Gasteiger partial charge is 0.352 e. The van der Waals surface area contributed by atoms with Crippen molar-refractivity contribution in [1.82, 2.24) is 14.9 Å². The first kappa shape index (κ1) is 20.2. The maximum Gasteiger partial charge on any atom is 0.225 e. The van der Waals surface area contributed by atoms with E-state index in [0.29, 0.717) is 5.91 Å². The van der Waals surface area contributed by atoms with Gasteiger partial charge in [-0.3, -0.25) is 4.79 Å². The van der Waals surface area contributed by atoms with Gasteiger partial charge in [0.15, 0.2) is 0 Å². The van der Waals surface area contributed by atoms with Crippen LogP contribution < -0.4 is 10.6 Å². The molecule has 3 heterocycles. The molecular weight excluding hydrogens is 381 g/mol. The zero-order valence-corrected chi connectivity index (χ0v) is 16.3. The lowest BCUT2D eigenvalue weighted by atomic mass is 10.1. The SMILES string of the molecule is Cl.Cl.NC1CCC(C(=O)N2CCN(c3ncnc4ccsc34)CC2)C1. The first-order chi connectivity index (χ1) is 11.2. The van der Waals surface area contributed by atoms with Crippen molar-refractivity contribution >= 4 is 58.1 Å². The molecule has 138 valence electrons. The second kappa shape index (κ2) is 8.49. The fourth-order valence-corrected chi connectivity index (χ4v) is 4.50. The lowest BCUT2D eigenvalue weighted by molar-refractivity contribution is -0.135. The van der Waals surface area contributed by atoms with Crippen LogP contribution in [0.15, 0.2) is 17.8 Å². The van der Waals surface area contributed by atoms with Crippen LogP contribution in [0.25, 0.3) is 10.2 Å². The van der Waals surface area contributed by atoms with E-state index in [0.717, 1.165) is 61.5 Å². The summed E-state index contributed by atoms with van der Waals surface area (Å²) in [6.07, 6.45) is 4.40. The first-order valence-corrected chi connectivity index (χ1v) is 9.08. The van der Waals surface area contributed by atoms with Gasteiger partial charge in [-0.2, -0.15) is 0 Å². The number of hydrogen-bond donors (Lipinski definition) is 1. The van der Waals surface area contributed by atoms with Crippen molar-refractivity contribution in [3.8, 4) is 0 Å². The van der Waals surface area contributed by atoms with Crippen LogP contribution in [0.5, 0.6) is 0 Å². The quantitative estimate of drug-likeness (QED) is 0.832. The summed E-state index contributed by atoms with van der Waals surface area (Å²) in [5.74, 6) is 1.43. The molecule has 1 aliphatic heterocycles. The van der Waals surface area contributed by atoms with Crippen LogP contribution in [-0.4, -0.2) is 53.0 Å². The molecule has 2 aromatic rings. The van der Waals surface area contributed by atoms with Gasteiger partial charge in [0, 0.05) is 38.1 Å². The van der Waals surface area contributed by atoms with Gasteiger partial charge in [0.25, 0.3) is 0 Å². The molecule has 2 aromatic heterocycles. The van der Waals surface area contributed by atoms with Crippen molar-refractivity contribution in [2.24, 2.45) is 11.7 Å². The number of carbonyl (C=O) groups excluding carboxylic acids is 1. The van der Waals surface area contributed by atoms with Crippen molar-refractivity contribution < 1.29 is 4.79 Å². The Morgan fingerprint density at radius 3 is 2.60 bits per heavy atom. The molecule has 2 atom stereocenters. The van der Waals surface area contributed by atoms with Gasteiger partial charge in [0.2, 0.25) is 5.91 Å². The number of nitrogens with zero attached hydrogens (tertiary/aromatic N) is 4. The number of fused-ring (bicyclic) bond motifs is 1. The highest BCUT2D eigenvalue weighted by Gasteiger charge is 2.32. The predicted molar refractivity (Wildman–Crippen MR) is 106 cm³/mol. The first-order valence-electron chi connectivity index (χ1n) is 8.20. The summed E-state index contributed by atoms with van der Waals surface area (Å²) in [4.78, 5) is 25.6. The second-order valence-electron chi connectivity index (χ2n) is 6.41. The zero-order valence-electron chi connectivity index (χ0n) is 13.8. The monoisotopic (exact) mass is 403 g/mol. The van der Waals surface area contributed by atoms with Crippen molar-refractivity contribution in [2.45, 2.75) is 25.3 Å². The van der Waals surface area contributed by atoms with Crippen molar-refractivity contribution in [1.29, 1.82) is 0 Å². The van der Waals surface area contributed by atoms with E-state index in [9.17, 15) is 4.79 Å². The van der Waals surface area contributed by atoms with Gasteiger partial charge in [-0.05, 0) is 30.7 Å². The van der Waals surface area contributed by atoms with Gasteiger partial charge in [-0.25, -0.2) is 9.97 Å². The highest BCUT2D eigenvalue weighted by Crippen LogP contribution is 2.30. The summed E-state index contributed by atoms with van der Waals surface area (Å²) in [6.45, 7) is 3.19. The molecule has 6 nitrogen and oxygen atoms in total. The summed E-state index contributed by atoms with van der Waals surface area (Å²) in [5.41, 5.74) is 6.94. The zero-order chi connectivity index (χ0) is 15.8. The Morgan fingerprint density at radius 1 is 1.16 bits per heavy atom. The number of nitrogens with two attached hydrogens (primary N) is 1. The number of thiophene rings is 1. The Kier molecular flexibility index (Phi) is 6.85. The van der Waals surface area contributed by atoms with Gasteiger partial charge in [0.1, 0.15) is 12.1 Å². The van der Waals surface area contributed by atoms with Crippen LogP contribution in [-0.2, 0) is 4.79 Å². The molecule has 2 aliphatic rings. The summed E-state index contributed by atoms with van der Waals surface area (Å²) in [6, 6.07) is 2.23. The average Bonchev–Trinajstić information content (AvgIpc) is 3.22. The highest BCUT2D eigenvalue weighted by molar-refractivity contribution is 7.17. The third kappa shape index (κ3) is 4.00. The number of rotatable bonds is 2. The number of amides is 1. The molecular formula is C16H23Cl2N5OS. The topological polar surface area (TPSA) is 75.4 Å².